The van der Waals surface area contributed by atoms with Gasteiger partial charge >= 0.3 is 5.97 Å². The van der Waals surface area contributed by atoms with Crippen LogP contribution < -0.4 is 0 Å². The summed E-state index contributed by atoms with van der Waals surface area (Å²) in [6.07, 6.45) is 3.00. The van der Waals surface area contributed by atoms with Gasteiger partial charge < -0.3 is 14.7 Å². The Morgan fingerprint density at radius 2 is 2.09 bits per heavy atom. The second-order valence-corrected chi connectivity index (χ2v) is 5.56. The highest BCUT2D eigenvalue weighted by Gasteiger charge is 2.28. The molecule has 7 nitrogen and oxygen atoms in total. The molecule has 3 rings (SSSR count). The van der Waals surface area contributed by atoms with Crippen molar-refractivity contribution in [3.05, 3.63) is 36.2 Å². The van der Waals surface area contributed by atoms with E-state index in [1.165, 1.54) is 0 Å². The fourth-order valence-electron chi connectivity index (χ4n) is 2.92. The van der Waals surface area contributed by atoms with E-state index < -0.39 is 5.97 Å². The van der Waals surface area contributed by atoms with Crippen LogP contribution in [0.1, 0.15) is 29.8 Å². The van der Waals surface area contributed by atoms with Crippen molar-refractivity contribution in [2.24, 2.45) is 0 Å². The number of hydrogen-bond acceptors (Lipinski definition) is 4. The van der Waals surface area contributed by atoms with E-state index in [1.54, 1.807) is 21.7 Å². The molecule has 122 valence electrons. The molecular formula is C16H19N3O4. The minimum atomic E-state index is -0.909. The van der Waals surface area contributed by atoms with Crippen molar-refractivity contribution < 1.29 is 19.4 Å². The van der Waals surface area contributed by atoms with E-state index in [2.05, 4.69) is 5.10 Å². The normalized spacial score (nSPS) is 15.7. The zero-order valence-electron chi connectivity index (χ0n) is 12.7. The molecule has 0 bridgehead atoms. The lowest BCUT2D eigenvalue weighted by Crippen LogP contribution is -2.44. The highest BCUT2D eigenvalue weighted by Crippen LogP contribution is 2.19. The third kappa shape index (κ3) is 3.34. The molecule has 1 N–H and O–H groups in total. The van der Waals surface area contributed by atoms with Gasteiger partial charge in [0.25, 0.3) is 5.91 Å². The Kier molecular flexibility index (Phi) is 4.57. The summed E-state index contributed by atoms with van der Waals surface area (Å²) >= 11 is 0. The van der Waals surface area contributed by atoms with Crippen molar-refractivity contribution in [3.8, 4) is 0 Å². The Labute approximate surface area is 133 Å². The Morgan fingerprint density at radius 1 is 1.30 bits per heavy atom. The number of aliphatic carboxylic acids is 1. The summed E-state index contributed by atoms with van der Waals surface area (Å²) in [5, 5.41) is 13.2. The Morgan fingerprint density at radius 3 is 2.83 bits per heavy atom. The number of ether oxygens (including phenoxy) is 1. The number of fused-ring (bicyclic) bond motifs is 1. The van der Waals surface area contributed by atoms with E-state index in [-0.39, 0.29) is 24.9 Å². The van der Waals surface area contributed by atoms with Gasteiger partial charge in [-0.15, -0.1) is 0 Å². The predicted molar refractivity (Wildman–Crippen MR) is 82.3 cm³/mol. The van der Waals surface area contributed by atoms with Gasteiger partial charge in [-0.1, -0.05) is 0 Å². The first-order valence-corrected chi connectivity index (χ1v) is 7.70. The van der Waals surface area contributed by atoms with Crippen molar-refractivity contribution in [2.75, 3.05) is 19.8 Å². The van der Waals surface area contributed by atoms with Crippen LogP contribution in [-0.2, 0) is 9.53 Å². The summed E-state index contributed by atoms with van der Waals surface area (Å²) in [6, 6.07) is 7.26. The number of rotatable bonds is 5. The molecule has 0 saturated carbocycles. The summed E-state index contributed by atoms with van der Waals surface area (Å²) in [5.41, 5.74) is 1.29. The maximum absolute atomic E-state index is 13.0. The fourth-order valence-corrected chi connectivity index (χ4v) is 2.92. The maximum Gasteiger partial charge on any atom is 0.305 e. The molecule has 1 saturated heterocycles. The number of amides is 1. The van der Waals surface area contributed by atoms with Gasteiger partial charge in [0.15, 0.2) is 0 Å². The fraction of sp³-hybridized carbons (Fsp3) is 0.438. The van der Waals surface area contributed by atoms with Gasteiger partial charge in [0, 0.05) is 32.0 Å². The average molecular weight is 317 g/mol. The predicted octanol–water partition coefficient (Wildman–Crippen LogP) is 1.43. The van der Waals surface area contributed by atoms with Gasteiger partial charge in [-0.25, -0.2) is 4.52 Å². The first-order valence-electron chi connectivity index (χ1n) is 7.70. The highest BCUT2D eigenvalue weighted by atomic mass is 16.5. The van der Waals surface area contributed by atoms with Crippen LogP contribution in [0.15, 0.2) is 30.5 Å². The lowest BCUT2D eigenvalue weighted by atomic mass is 10.1. The smallest absolute Gasteiger partial charge is 0.305 e. The molecule has 3 heterocycles. The number of aromatic nitrogens is 2. The lowest BCUT2D eigenvalue weighted by Gasteiger charge is -2.34. The summed E-state index contributed by atoms with van der Waals surface area (Å²) in [5.74, 6) is -1.09. The molecule has 1 aliphatic rings. The quantitative estimate of drug-likeness (QED) is 0.902. The van der Waals surface area contributed by atoms with Crippen LogP contribution in [0.3, 0.4) is 0 Å². The second kappa shape index (κ2) is 6.78. The molecule has 0 spiro atoms. The topological polar surface area (TPSA) is 84.1 Å². The van der Waals surface area contributed by atoms with Gasteiger partial charge in [-0.05, 0) is 37.1 Å². The van der Waals surface area contributed by atoms with Crippen molar-refractivity contribution >= 4 is 17.4 Å². The number of carboxylic acids is 1. The number of nitrogens with zero attached hydrogens (tertiary/aromatic N) is 3. The maximum atomic E-state index is 13.0. The molecule has 0 atom stereocenters. The second-order valence-electron chi connectivity index (χ2n) is 5.56. The first kappa shape index (κ1) is 15.5. The van der Waals surface area contributed by atoms with E-state index in [1.807, 2.05) is 18.2 Å². The Hall–Kier alpha value is -2.41. The summed E-state index contributed by atoms with van der Waals surface area (Å²) in [4.78, 5) is 25.6. The molecule has 0 radical (unpaired) electrons. The van der Waals surface area contributed by atoms with Gasteiger partial charge in [0.05, 0.1) is 11.9 Å². The number of carbonyl (C=O) groups is 2. The van der Waals surface area contributed by atoms with Crippen molar-refractivity contribution in [1.29, 1.82) is 0 Å². The monoisotopic (exact) mass is 317 g/mol. The van der Waals surface area contributed by atoms with Crippen LogP contribution >= 0.6 is 0 Å². The molecule has 0 aromatic carbocycles. The molecular weight excluding hydrogens is 298 g/mol. The van der Waals surface area contributed by atoms with Crippen LogP contribution in [0.25, 0.3) is 5.52 Å². The van der Waals surface area contributed by atoms with Crippen LogP contribution in [0.5, 0.6) is 0 Å². The minimum absolute atomic E-state index is 0.00450. The molecule has 0 aliphatic carbocycles. The van der Waals surface area contributed by atoms with Crippen molar-refractivity contribution in [2.45, 2.75) is 25.3 Å². The van der Waals surface area contributed by atoms with Crippen LogP contribution in [-0.4, -0.2) is 57.3 Å². The van der Waals surface area contributed by atoms with E-state index in [4.69, 9.17) is 9.84 Å². The van der Waals surface area contributed by atoms with E-state index in [0.717, 1.165) is 18.4 Å². The third-order valence-electron chi connectivity index (χ3n) is 4.10. The standard InChI is InChI=1S/C16H19N3O4/c20-15(21)5-9-18(12-6-10-23-11-7-12)16(22)14-4-3-13-2-1-8-17-19(13)14/h1-4,8,12H,5-7,9-11H2,(H,20,21). The summed E-state index contributed by atoms with van der Waals surface area (Å²) in [7, 11) is 0. The van der Waals surface area contributed by atoms with E-state index >= 15 is 0 Å². The lowest BCUT2D eigenvalue weighted by molar-refractivity contribution is -0.137. The van der Waals surface area contributed by atoms with Crippen molar-refractivity contribution in [3.63, 3.8) is 0 Å². The van der Waals surface area contributed by atoms with Crippen LogP contribution in [0.2, 0.25) is 0 Å². The van der Waals surface area contributed by atoms with Crippen LogP contribution in [0.4, 0.5) is 0 Å². The summed E-state index contributed by atoms with van der Waals surface area (Å²) in [6.45, 7) is 1.38. The molecule has 1 fully saturated rings. The van der Waals surface area contributed by atoms with Gasteiger partial charge in [-0.3, -0.25) is 9.59 Å². The zero-order valence-corrected chi connectivity index (χ0v) is 12.7. The van der Waals surface area contributed by atoms with E-state index in [0.29, 0.717) is 18.9 Å². The summed E-state index contributed by atoms with van der Waals surface area (Å²) < 4.78 is 6.94. The molecule has 1 aliphatic heterocycles. The largest absolute Gasteiger partial charge is 0.481 e. The number of hydrogen-bond donors (Lipinski definition) is 1. The van der Waals surface area contributed by atoms with E-state index in [9.17, 15) is 9.59 Å². The molecule has 23 heavy (non-hydrogen) atoms. The molecule has 0 unspecified atom stereocenters. The van der Waals surface area contributed by atoms with Gasteiger partial charge in [0.2, 0.25) is 0 Å². The first-order chi connectivity index (χ1) is 11.2. The Bertz CT molecular complexity index is 706. The molecule has 2 aromatic heterocycles. The Balaban J connectivity index is 1.87. The highest BCUT2D eigenvalue weighted by molar-refractivity contribution is 5.94. The average Bonchev–Trinajstić information content (AvgIpc) is 2.99. The van der Waals surface area contributed by atoms with Gasteiger partial charge in [0.1, 0.15) is 5.69 Å². The third-order valence-corrected chi connectivity index (χ3v) is 4.10. The number of carboxylic acid groups (broad SMARTS) is 1. The minimum Gasteiger partial charge on any atom is -0.481 e. The molecule has 2 aromatic rings. The zero-order chi connectivity index (χ0) is 16.2. The molecule has 7 heteroatoms. The van der Waals surface area contributed by atoms with Gasteiger partial charge in [-0.2, -0.15) is 5.10 Å². The molecule has 1 amide bonds. The van der Waals surface area contributed by atoms with Crippen LogP contribution in [0, 0.1) is 0 Å². The SMILES string of the molecule is O=C(O)CCN(C(=O)c1ccc2cccnn12)C1CCOCC1. The number of carbonyl (C=O) groups excluding carboxylic acids is 1. The van der Waals surface area contributed by atoms with Crippen molar-refractivity contribution in [1.82, 2.24) is 14.5 Å².